The van der Waals surface area contributed by atoms with E-state index in [0.29, 0.717) is 18.7 Å². The maximum atomic E-state index is 8.72. The van der Waals surface area contributed by atoms with Crippen LogP contribution in [-0.4, -0.2) is 37.8 Å². The summed E-state index contributed by atoms with van der Waals surface area (Å²) >= 11 is 0. The van der Waals surface area contributed by atoms with E-state index in [0.717, 1.165) is 22.7 Å². The number of rotatable bonds is 5. The fourth-order valence-corrected chi connectivity index (χ4v) is 2.04. The highest BCUT2D eigenvalue weighted by molar-refractivity contribution is 5.85. The number of nitrogens with one attached hydrogen (secondary N) is 2. The van der Waals surface area contributed by atoms with Crippen LogP contribution < -0.4 is 10.6 Å². The van der Waals surface area contributed by atoms with Gasteiger partial charge in [0.25, 0.3) is 0 Å². The lowest BCUT2D eigenvalue weighted by Crippen LogP contribution is -2.15. The van der Waals surface area contributed by atoms with Gasteiger partial charge in [0.15, 0.2) is 5.65 Å². The Morgan fingerprint density at radius 2 is 2.00 bits per heavy atom. The molecule has 3 aromatic heterocycles. The third-order valence-corrected chi connectivity index (χ3v) is 3.15. The van der Waals surface area contributed by atoms with Crippen LogP contribution >= 0.6 is 0 Å². The topological polar surface area (TPSA) is 104 Å². The van der Waals surface area contributed by atoms with Crippen LogP contribution in [0.5, 0.6) is 0 Å². The van der Waals surface area contributed by atoms with E-state index in [4.69, 9.17) is 5.26 Å². The van der Waals surface area contributed by atoms with Gasteiger partial charge in [-0.15, -0.1) is 0 Å². The predicted octanol–water partition coefficient (Wildman–Crippen LogP) is 1.15. The molecule has 0 saturated carbocycles. The van der Waals surface area contributed by atoms with E-state index >= 15 is 0 Å². The van der Waals surface area contributed by atoms with Gasteiger partial charge in [-0.1, -0.05) is 0 Å². The van der Waals surface area contributed by atoms with Gasteiger partial charge in [-0.2, -0.15) is 10.4 Å². The smallest absolute Gasteiger partial charge is 0.163 e. The average molecular weight is 294 g/mol. The summed E-state index contributed by atoms with van der Waals surface area (Å²) < 4.78 is 1.71. The first-order valence-electron chi connectivity index (χ1n) is 6.74. The van der Waals surface area contributed by atoms with Crippen molar-refractivity contribution in [3.8, 4) is 6.07 Å². The van der Waals surface area contributed by atoms with Crippen LogP contribution in [-0.2, 0) is 7.05 Å². The second kappa shape index (κ2) is 6.05. The number of aromatic nitrogens is 5. The van der Waals surface area contributed by atoms with Crippen molar-refractivity contribution in [3.05, 3.63) is 36.4 Å². The van der Waals surface area contributed by atoms with Crippen molar-refractivity contribution >= 4 is 22.7 Å². The SMILES string of the molecule is Cn1ncc2c(NCCNc3ccc(C#N)cn3)ncnc21. The molecule has 8 heteroatoms. The maximum Gasteiger partial charge on any atom is 0.163 e. The van der Waals surface area contributed by atoms with Gasteiger partial charge in [-0.25, -0.2) is 15.0 Å². The molecule has 8 nitrogen and oxygen atoms in total. The van der Waals surface area contributed by atoms with Crippen molar-refractivity contribution in [1.29, 1.82) is 5.26 Å². The number of hydrogen-bond acceptors (Lipinski definition) is 7. The van der Waals surface area contributed by atoms with Crippen LogP contribution in [0, 0.1) is 11.3 Å². The van der Waals surface area contributed by atoms with Gasteiger partial charge < -0.3 is 10.6 Å². The van der Waals surface area contributed by atoms with Crippen LogP contribution in [0.3, 0.4) is 0 Å². The molecule has 3 aromatic rings. The zero-order valence-electron chi connectivity index (χ0n) is 12.0. The van der Waals surface area contributed by atoms with Crippen LogP contribution in [0.2, 0.25) is 0 Å². The molecule has 0 amide bonds. The van der Waals surface area contributed by atoms with E-state index in [1.807, 2.05) is 13.1 Å². The molecule has 0 radical (unpaired) electrons. The van der Waals surface area contributed by atoms with Gasteiger partial charge in [-0.05, 0) is 12.1 Å². The van der Waals surface area contributed by atoms with Crippen molar-refractivity contribution in [3.63, 3.8) is 0 Å². The third kappa shape index (κ3) is 2.78. The molecule has 3 rings (SSSR count). The normalized spacial score (nSPS) is 10.4. The second-order valence-corrected chi connectivity index (χ2v) is 4.63. The third-order valence-electron chi connectivity index (χ3n) is 3.15. The number of nitrogens with zero attached hydrogens (tertiary/aromatic N) is 6. The van der Waals surface area contributed by atoms with Crippen molar-refractivity contribution in [1.82, 2.24) is 24.7 Å². The standard InChI is InChI=1S/C14H14N8/c1-22-14-11(8-21-22)13(19-9-20-14)17-5-4-16-12-3-2-10(6-15)7-18-12/h2-3,7-9H,4-5H2,1H3,(H,16,18)(H,17,19,20). The number of hydrogen-bond donors (Lipinski definition) is 2. The Hall–Kier alpha value is -3.21. The highest BCUT2D eigenvalue weighted by Crippen LogP contribution is 2.17. The van der Waals surface area contributed by atoms with Gasteiger partial charge >= 0.3 is 0 Å². The molecule has 3 heterocycles. The fraction of sp³-hybridized carbons (Fsp3) is 0.214. The summed E-state index contributed by atoms with van der Waals surface area (Å²) in [6.45, 7) is 1.34. The lowest BCUT2D eigenvalue weighted by atomic mass is 10.3. The summed E-state index contributed by atoms with van der Waals surface area (Å²) in [5, 5.41) is 20.2. The first-order valence-corrected chi connectivity index (χ1v) is 6.74. The molecule has 0 aliphatic heterocycles. The zero-order valence-corrected chi connectivity index (χ0v) is 12.0. The molecule has 22 heavy (non-hydrogen) atoms. The van der Waals surface area contributed by atoms with Gasteiger partial charge in [0.1, 0.15) is 24.0 Å². The largest absolute Gasteiger partial charge is 0.368 e. The van der Waals surface area contributed by atoms with Crippen LogP contribution in [0.4, 0.5) is 11.6 Å². The first-order chi connectivity index (χ1) is 10.8. The summed E-state index contributed by atoms with van der Waals surface area (Å²) in [6.07, 6.45) is 4.80. The Bertz CT molecular complexity index is 815. The number of anilines is 2. The molecule has 0 unspecified atom stereocenters. The molecule has 0 aliphatic carbocycles. The molecular formula is C14H14N8. The summed E-state index contributed by atoms with van der Waals surface area (Å²) in [4.78, 5) is 12.6. The Morgan fingerprint density at radius 1 is 1.14 bits per heavy atom. The molecule has 0 fully saturated rings. The summed E-state index contributed by atoms with van der Waals surface area (Å²) in [5.41, 5.74) is 1.34. The minimum Gasteiger partial charge on any atom is -0.368 e. The second-order valence-electron chi connectivity index (χ2n) is 4.63. The van der Waals surface area contributed by atoms with E-state index in [1.165, 1.54) is 6.33 Å². The summed E-state index contributed by atoms with van der Waals surface area (Å²) in [7, 11) is 1.84. The molecule has 0 spiro atoms. The molecule has 0 bridgehead atoms. The Morgan fingerprint density at radius 3 is 2.77 bits per heavy atom. The zero-order chi connectivity index (χ0) is 15.4. The minimum absolute atomic E-state index is 0.545. The molecular weight excluding hydrogens is 280 g/mol. The summed E-state index contributed by atoms with van der Waals surface area (Å²) in [5.74, 6) is 1.49. The van der Waals surface area contributed by atoms with Gasteiger partial charge in [0.05, 0.1) is 17.1 Å². The van der Waals surface area contributed by atoms with Crippen molar-refractivity contribution in [2.75, 3.05) is 23.7 Å². The average Bonchev–Trinajstić information content (AvgIpc) is 2.94. The molecule has 0 aromatic carbocycles. The lowest BCUT2D eigenvalue weighted by molar-refractivity contribution is 0.785. The van der Waals surface area contributed by atoms with Gasteiger partial charge in [0.2, 0.25) is 0 Å². The predicted molar refractivity (Wildman–Crippen MR) is 82.2 cm³/mol. The fourth-order valence-electron chi connectivity index (χ4n) is 2.04. The summed E-state index contributed by atoms with van der Waals surface area (Å²) in [6, 6.07) is 5.55. The quantitative estimate of drug-likeness (QED) is 0.680. The highest BCUT2D eigenvalue weighted by atomic mass is 15.3. The number of fused-ring (bicyclic) bond motifs is 1. The number of nitriles is 1. The van der Waals surface area contributed by atoms with Crippen LogP contribution in [0.25, 0.3) is 11.0 Å². The Kier molecular flexibility index (Phi) is 3.78. The Labute approximate surface area is 126 Å². The van der Waals surface area contributed by atoms with Crippen molar-refractivity contribution in [2.45, 2.75) is 0 Å². The minimum atomic E-state index is 0.545. The van der Waals surface area contributed by atoms with Crippen molar-refractivity contribution < 1.29 is 0 Å². The first kappa shape index (κ1) is 13.8. The monoisotopic (exact) mass is 294 g/mol. The van der Waals surface area contributed by atoms with E-state index < -0.39 is 0 Å². The van der Waals surface area contributed by atoms with E-state index in [1.54, 1.807) is 29.2 Å². The van der Waals surface area contributed by atoms with E-state index in [-0.39, 0.29) is 0 Å². The molecule has 110 valence electrons. The number of aryl methyl sites for hydroxylation is 1. The van der Waals surface area contributed by atoms with Crippen LogP contribution in [0.15, 0.2) is 30.9 Å². The van der Waals surface area contributed by atoms with Gasteiger partial charge in [-0.3, -0.25) is 4.68 Å². The lowest BCUT2D eigenvalue weighted by Gasteiger charge is -2.08. The Balaban J connectivity index is 1.57. The maximum absolute atomic E-state index is 8.72. The van der Waals surface area contributed by atoms with Gasteiger partial charge in [0, 0.05) is 26.3 Å². The van der Waals surface area contributed by atoms with Crippen LogP contribution in [0.1, 0.15) is 5.56 Å². The van der Waals surface area contributed by atoms with Crippen molar-refractivity contribution in [2.24, 2.45) is 7.05 Å². The van der Waals surface area contributed by atoms with E-state index in [2.05, 4.69) is 30.7 Å². The molecule has 0 saturated heterocycles. The molecule has 0 aliphatic rings. The molecule has 0 atom stereocenters. The highest BCUT2D eigenvalue weighted by Gasteiger charge is 2.06. The number of pyridine rings is 1. The molecule has 2 N–H and O–H groups in total. The van der Waals surface area contributed by atoms with E-state index in [9.17, 15) is 0 Å².